The van der Waals surface area contributed by atoms with Crippen LogP contribution in [0.4, 0.5) is 4.39 Å². The summed E-state index contributed by atoms with van der Waals surface area (Å²) in [6, 6.07) is 18.8. The van der Waals surface area contributed by atoms with E-state index in [1.807, 2.05) is 13.8 Å². The molecule has 0 aliphatic heterocycles. The molecule has 170 valence electrons. The van der Waals surface area contributed by atoms with Gasteiger partial charge in [0.2, 0.25) is 0 Å². The predicted octanol–water partition coefficient (Wildman–Crippen LogP) is 7.50. The number of carbonyl (C=O) groups is 1. The summed E-state index contributed by atoms with van der Waals surface area (Å²) in [7, 11) is -0.110. The molecule has 0 aliphatic rings. The van der Waals surface area contributed by atoms with Crippen LogP contribution < -0.4 is 4.74 Å². The van der Waals surface area contributed by atoms with Gasteiger partial charge in [0, 0.05) is 33.6 Å². The normalized spacial score (nSPS) is 12.1. The number of aryl methyl sites for hydroxylation is 3. The standard InChI is InChI=1S/C28H28FO3S/c1-18-14-23(33-17-20(3)24-8-6-7-9-25(24)33)15-19(2)27(18)31-16-26(30)32-28(4,5)21-10-12-22(29)13-11-21/h6-15,17H,16H2,1-5H3/q+1. The number of fused-ring (bicyclic) bond motifs is 1. The van der Waals surface area contributed by atoms with Crippen molar-refractivity contribution in [2.45, 2.75) is 40.2 Å². The number of hydrogen-bond donors (Lipinski definition) is 0. The van der Waals surface area contributed by atoms with Crippen molar-refractivity contribution in [3.8, 4) is 10.6 Å². The van der Waals surface area contributed by atoms with Crippen LogP contribution in [-0.4, -0.2) is 12.6 Å². The van der Waals surface area contributed by atoms with E-state index in [4.69, 9.17) is 9.47 Å². The Hall–Kier alpha value is -3.18. The number of benzene rings is 3. The maximum Gasteiger partial charge on any atom is 0.345 e. The van der Waals surface area contributed by atoms with Crippen LogP contribution in [0.25, 0.3) is 15.0 Å². The molecule has 0 saturated heterocycles. The molecule has 0 aliphatic carbocycles. The average molecular weight is 464 g/mol. The lowest BCUT2D eigenvalue weighted by Crippen LogP contribution is -2.28. The number of rotatable bonds is 6. The van der Waals surface area contributed by atoms with Gasteiger partial charge in [-0.25, -0.2) is 9.18 Å². The molecule has 0 amide bonds. The van der Waals surface area contributed by atoms with Gasteiger partial charge in [-0.3, -0.25) is 0 Å². The second kappa shape index (κ2) is 8.99. The maximum absolute atomic E-state index is 13.2. The number of esters is 1. The van der Waals surface area contributed by atoms with E-state index in [1.54, 1.807) is 26.0 Å². The molecular weight excluding hydrogens is 435 g/mol. The van der Waals surface area contributed by atoms with Crippen LogP contribution in [0.5, 0.6) is 5.75 Å². The van der Waals surface area contributed by atoms with E-state index in [0.717, 1.165) is 16.7 Å². The van der Waals surface area contributed by atoms with Gasteiger partial charge in [0.15, 0.2) is 16.2 Å². The molecule has 0 fully saturated rings. The molecule has 5 heteroatoms. The number of ether oxygens (including phenoxy) is 2. The molecule has 3 aromatic carbocycles. The molecular formula is C28H28FO3S+. The molecule has 0 radical (unpaired) electrons. The van der Waals surface area contributed by atoms with E-state index in [2.05, 4.69) is 48.7 Å². The predicted molar refractivity (Wildman–Crippen MR) is 133 cm³/mol. The van der Waals surface area contributed by atoms with E-state index in [9.17, 15) is 9.18 Å². The average Bonchev–Trinajstić information content (AvgIpc) is 3.10. The van der Waals surface area contributed by atoms with Crippen molar-refractivity contribution in [3.63, 3.8) is 0 Å². The molecule has 0 saturated carbocycles. The van der Waals surface area contributed by atoms with Crippen molar-refractivity contribution in [3.05, 3.63) is 94.1 Å². The molecule has 1 heterocycles. The van der Waals surface area contributed by atoms with Crippen LogP contribution in [0, 0.1) is 26.6 Å². The molecule has 0 spiro atoms. The first-order valence-electron chi connectivity index (χ1n) is 10.9. The Labute approximate surface area is 196 Å². The van der Waals surface area contributed by atoms with Gasteiger partial charge in [-0.15, -0.1) is 0 Å². The van der Waals surface area contributed by atoms with Crippen LogP contribution in [0.15, 0.2) is 66.0 Å². The molecule has 1 atom stereocenters. The molecule has 1 unspecified atom stereocenters. The lowest BCUT2D eigenvalue weighted by molar-refractivity contribution is -0.159. The van der Waals surface area contributed by atoms with Crippen molar-refractivity contribution in [2.24, 2.45) is 0 Å². The SMILES string of the molecule is Cc1cc(-[s+]2cc(C)c3ccccc32)cc(C)c1OCC(=O)OC(C)(C)c1ccc(F)cc1. The number of hydrogen-bond acceptors (Lipinski definition) is 3. The van der Waals surface area contributed by atoms with Gasteiger partial charge >= 0.3 is 5.97 Å². The quantitative estimate of drug-likeness (QED) is 0.219. The molecule has 3 nitrogen and oxygen atoms in total. The van der Waals surface area contributed by atoms with Gasteiger partial charge in [-0.2, -0.15) is 0 Å². The minimum Gasteiger partial charge on any atom is -0.481 e. The van der Waals surface area contributed by atoms with Crippen molar-refractivity contribution in [2.75, 3.05) is 6.61 Å². The fourth-order valence-corrected chi connectivity index (χ4v) is 6.40. The Kier molecular flexibility index (Phi) is 6.26. The largest absolute Gasteiger partial charge is 0.481 e. The Morgan fingerprint density at radius 2 is 1.58 bits per heavy atom. The number of thiophene rings is 1. The summed E-state index contributed by atoms with van der Waals surface area (Å²) in [5.74, 6) is -0.101. The zero-order valence-electron chi connectivity index (χ0n) is 19.6. The zero-order valence-corrected chi connectivity index (χ0v) is 20.4. The van der Waals surface area contributed by atoms with Gasteiger partial charge in [0.25, 0.3) is 0 Å². The fourth-order valence-electron chi connectivity index (χ4n) is 4.10. The minimum absolute atomic E-state index is 0.110. The van der Waals surface area contributed by atoms with Gasteiger partial charge in [0.1, 0.15) is 22.5 Å². The van der Waals surface area contributed by atoms with Gasteiger partial charge in [-0.05, 0) is 75.6 Å². The highest BCUT2D eigenvalue weighted by Gasteiger charge is 2.26. The van der Waals surface area contributed by atoms with Crippen LogP contribution in [0.1, 0.15) is 36.1 Å². The van der Waals surface area contributed by atoms with Gasteiger partial charge in [0.05, 0.1) is 0 Å². The van der Waals surface area contributed by atoms with E-state index in [0.29, 0.717) is 5.75 Å². The van der Waals surface area contributed by atoms with Crippen molar-refractivity contribution >= 4 is 26.5 Å². The fraction of sp³-hybridized carbons (Fsp3) is 0.250. The maximum atomic E-state index is 13.2. The van der Waals surface area contributed by atoms with E-state index < -0.39 is 11.6 Å². The number of carbonyl (C=O) groups excluding carboxylic acids is 1. The monoisotopic (exact) mass is 463 g/mol. The Bertz CT molecular complexity index is 1300. The Balaban J connectivity index is 1.50. The summed E-state index contributed by atoms with van der Waals surface area (Å²) in [6.45, 7) is 9.52. The molecule has 4 rings (SSSR count). The lowest BCUT2D eigenvalue weighted by atomic mass is 9.98. The van der Waals surface area contributed by atoms with Crippen molar-refractivity contribution < 1.29 is 18.7 Å². The van der Waals surface area contributed by atoms with Gasteiger partial charge in [-0.1, -0.05) is 24.3 Å². The lowest BCUT2D eigenvalue weighted by Gasteiger charge is -2.25. The summed E-state index contributed by atoms with van der Waals surface area (Å²) in [5, 5.41) is 3.64. The third-order valence-corrected chi connectivity index (χ3v) is 7.94. The van der Waals surface area contributed by atoms with Crippen LogP contribution in [0.3, 0.4) is 0 Å². The van der Waals surface area contributed by atoms with Crippen molar-refractivity contribution in [1.82, 2.24) is 0 Å². The minimum atomic E-state index is -0.886. The number of halogens is 1. The molecule has 0 N–H and O–H groups in total. The Morgan fingerprint density at radius 1 is 0.939 bits per heavy atom. The summed E-state index contributed by atoms with van der Waals surface area (Å²) < 4.78 is 26.1. The summed E-state index contributed by atoms with van der Waals surface area (Å²) in [4.78, 5) is 13.8. The summed E-state index contributed by atoms with van der Waals surface area (Å²) in [6.07, 6.45) is 0. The second-order valence-corrected chi connectivity index (χ2v) is 10.6. The van der Waals surface area contributed by atoms with Gasteiger partial charge < -0.3 is 9.47 Å². The van der Waals surface area contributed by atoms with Crippen LogP contribution >= 0.6 is 10.5 Å². The van der Waals surface area contributed by atoms with Crippen molar-refractivity contribution in [1.29, 1.82) is 0 Å². The highest BCUT2D eigenvalue weighted by atomic mass is 32.2. The highest BCUT2D eigenvalue weighted by Crippen LogP contribution is 2.44. The van der Waals surface area contributed by atoms with E-state index >= 15 is 0 Å². The smallest absolute Gasteiger partial charge is 0.345 e. The summed E-state index contributed by atoms with van der Waals surface area (Å²) >= 11 is 0. The third-order valence-electron chi connectivity index (χ3n) is 5.77. The first kappa shape index (κ1) is 23.0. The molecule has 4 aromatic rings. The van der Waals surface area contributed by atoms with Crippen LogP contribution in [-0.2, 0) is 15.1 Å². The summed E-state index contributed by atoms with van der Waals surface area (Å²) in [5.41, 5.74) is 3.10. The van der Waals surface area contributed by atoms with E-state index in [1.165, 1.54) is 32.7 Å². The third kappa shape index (κ3) is 4.79. The Morgan fingerprint density at radius 3 is 2.24 bits per heavy atom. The molecule has 0 bridgehead atoms. The molecule has 33 heavy (non-hydrogen) atoms. The molecule has 1 aromatic heterocycles. The van der Waals surface area contributed by atoms with E-state index in [-0.39, 0.29) is 22.9 Å². The zero-order chi connectivity index (χ0) is 23.8. The topological polar surface area (TPSA) is 35.5 Å². The first-order valence-corrected chi connectivity index (χ1v) is 12.2. The second-order valence-electron chi connectivity index (χ2n) is 8.80. The van der Waals surface area contributed by atoms with Crippen LogP contribution in [0.2, 0.25) is 0 Å². The highest BCUT2D eigenvalue weighted by molar-refractivity contribution is 7.43. The first-order chi connectivity index (χ1) is 15.7.